The van der Waals surface area contributed by atoms with Gasteiger partial charge in [0.15, 0.2) is 0 Å². The van der Waals surface area contributed by atoms with Gasteiger partial charge in [-0.25, -0.2) is 0 Å². The zero-order chi connectivity index (χ0) is 16.5. The van der Waals surface area contributed by atoms with E-state index in [1.54, 1.807) is 6.08 Å². The predicted octanol–water partition coefficient (Wildman–Crippen LogP) is 1.23. The first-order valence-corrected chi connectivity index (χ1v) is 6.97. The average molecular weight is 306 g/mol. The molecule has 0 saturated carbocycles. The molecule has 6 heteroatoms. The Hall–Kier alpha value is -2.34. The first-order valence-electron chi connectivity index (χ1n) is 6.97. The van der Waals surface area contributed by atoms with Crippen LogP contribution in [0.3, 0.4) is 0 Å². The van der Waals surface area contributed by atoms with Crippen LogP contribution in [-0.2, 0) is 9.59 Å². The number of nitrogens with zero attached hydrogens (tertiary/aromatic N) is 1. The number of carbonyl (C=O) groups is 2. The number of carbonyl (C=O) groups excluding carboxylic acids is 1. The smallest absolute Gasteiger partial charge is 0.325 e. The molecule has 0 aliphatic heterocycles. The second-order valence-corrected chi connectivity index (χ2v) is 5.12. The van der Waals surface area contributed by atoms with Gasteiger partial charge in [-0.05, 0) is 44.8 Å². The van der Waals surface area contributed by atoms with Crippen LogP contribution in [0.1, 0.15) is 12.5 Å². The average Bonchev–Trinajstić information content (AvgIpc) is 2.46. The topological polar surface area (TPSA) is 78.9 Å². The van der Waals surface area contributed by atoms with Crippen molar-refractivity contribution in [1.29, 1.82) is 0 Å². The summed E-state index contributed by atoms with van der Waals surface area (Å²) in [5.41, 5.74) is 0.832. The minimum Gasteiger partial charge on any atom is -0.492 e. The van der Waals surface area contributed by atoms with E-state index >= 15 is 0 Å². The molecule has 1 atom stereocenters. The van der Waals surface area contributed by atoms with Crippen LogP contribution >= 0.6 is 0 Å². The molecule has 0 bridgehead atoms. The molecule has 2 N–H and O–H groups in total. The van der Waals surface area contributed by atoms with Gasteiger partial charge in [-0.1, -0.05) is 12.1 Å². The largest absolute Gasteiger partial charge is 0.492 e. The summed E-state index contributed by atoms with van der Waals surface area (Å²) < 4.78 is 5.57. The van der Waals surface area contributed by atoms with E-state index < -0.39 is 17.9 Å². The molecule has 1 rings (SSSR count). The first-order chi connectivity index (χ1) is 10.4. The maximum Gasteiger partial charge on any atom is 0.325 e. The van der Waals surface area contributed by atoms with Gasteiger partial charge in [-0.2, -0.15) is 0 Å². The lowest BCUT2D eigenvalue weighted by Gasteiger charge is -2.10. The van der Waals surface area contributed by atoms with Gasteiger partial charge in [0.2, 0.25) is 5.91 Å². The number of likely N-dealkylation sites (N-methyl/N-ethyl adjacent to an activating group) is 1. The minimum absolute atomic E-state index is 0.443. The van der Waals surface area contributed by atoms with E-state index in [4.69, 9.17) is 9.84 Å². The van der Waals surface area contributed by atoms with Crippen LogP contribution in [0.4, 0.5) is 0 Å². The molecule has 120 valence electrons. The summed E-state index contributed by atoms with van der Waals surface area (Å²) in [7, 11) is 3.96. The molecule has 1 aromatic carbocycles. The molecule has 0 fully saturated rings. The molecule has 6 nitrogen and oxygen atoms in total. The van der Waals surface area contributed by atoms with Gasteiger partial charge in [0.25, 0.3) is 0 Å². The van der Waals surface area contributed by atoms with Crippen LogP contribution in [0, 0.1) is 0 Å². The van der Waals surface area contributed by atoms with E-state index in [0.717, 1.165) is 17.9 Å². The monoisotopic (exact) mass is 306 g/mol. The Morgan fingerprint density at radius 2 is 1.95 bits per heavy atom. The summed E-state index contributed by atoms with van der Waals surface area (Å²) in [4.78, 5) is 24.2. The number of carboxylic acid groups (broad SMARTS) is 1. The van der Waals surface area contributed by atoms with Gasteiger partial charge in [0.05, 0.1) is 0 Å². The van der Waals surface area contributed by atoms with Crippen molar-refractivity contribution in [3.8, 4) is 5.75 Å². The van der Waals surface area contributed by atoms with Gasteiger partial charge in [-0.3, -0.25) is 9.59 Å². The Morgan fingerprint density at radius 1 is 1.32 bits per heavy atom. The molecule has 1 unspecified atom stereocenters. The number of amides is 1. The van der Waals surface area contributed by atoms with Crippen LogP contribution in [0.5, 0.6) is 5.75 Å². The highest BCUT2D eigenvalue weighted by molar-refractivity contribution is 5.94. The fourth-order valence-corrected chi connectivity index (χ4v) is 1.52. The fourth-order valence-electron chi connectivity index (χ4n) is 1.52. The molecule has 0 radical (unpaired) electrons. The molecule has 0 spiro atoms. The van der Waals surface area contributed by atoms with E-state index in [1.807, 2.05) is 43.3 Å². The van der Waals surface area contributed by atoms with Gasteiger partial charge in [0.1, 0.15) is 18.4 Å². The number of rotatable bonds is 8. The highest BCUT2D eigenvalue weighted by Gasteiger charge is 2.11. The van der Waals surface area contributed by atoms with Crippen molar-refractivity contribution in [1.82, 2.24) is 10.2 Å². The van der Waals surface area contributed by atoms with Gasteiger partial charge < -0.3 is 20.1 Å². The van der Waals surface area contributed by atoms with Gasteiger partial charge in [-0.15, -0.1) is 0 Å². The maximum atomic E-state index is 11.5. The Bertz CT molecular complexity index is 523. The fraction of sp³-hybridized carbons (Fsp3) is 0.375. The van der Waals surface area contributed by atoms with Crippen LogP contribution in [0.15, 0.2) is 30.3 Å². The molecule has 0 aromatic heterocycles. The third-order valence-corrected chi connectivity index (χ3v) is 2.84. The quantitative estimate of drug-likeness (QED) is 0.706. The van der Waals surface area contributed by atoms with E-state index in [0.29, 0.717) is 6.61 Å². The molecule has 1 amide bonds. The highest BCUT2D eigenvalue weighted by Crippen LogP contribution is 2.13. The van der Waals surface area contributed by atoms with E-state index in [2.05, 4.69) is 5.32 Å². The summed E-state index contributed by atoms with van der Waals surface area (Å²) in [6.07, 6.45) is 2.93. The number of ether oxygens (including phenoxy) is 1. The normalized spacial score (nSPS) is 12.4. The standard InChI is InChI=1S/C16H22N2O4/c1-12(16(20)21)17-15(19)9-6-13-4-7-14(8-5-13)22-11-10-18(2)3/h4-9,12H,10-11H2,1-3H3,(H,17,19)(H,20,21)/b9-6+. The van der Waals surface area contributed by atoms with E-state index in [1.165, 1.54) is 13.0 Å². The second-order valence-electron chi connectivity index (χ2n) is 5.12. The van der Waals surface area contributed by atoms with Crippen molar-refractivity contribution in [2.75, 3.05) is 27.2 Å². The Labute approximate surface area is 130 Å². The maximum absolute atomic E-state index is 11.5. The van der Waals surface area contributed by atoms with Crippen LogP contribution < -0.4 is 10.1 Å². The minimum atomic E-state index is -1.07. The highest BCUT2D eigenvalue weighted by atomic mass is 16.5. The summed E-state index contributed by atoms with van der Waals surface area (Å²) >= 11 is 0. The zero-order valence-corrected chi connectivity index (χ0v) is 13.1. The third-order valence-electron chi connectivity index (χ3n) is 2.84. The predicted molar refractivity (Wildman–Crippen MR) is 84.8 cm³/mol. The van der Waals surface area contributed by atoms with Crippen molar-refractivity contribution in [3.05, 3.63) is 35.9 Å². The third kappa shape index (κ3) is 6.90. The lowest BCUT2D eigenvalue weighted by molar-refractivity contribution is -0.140. The Balaban J connectivity index is 2.48. The first kappa shape index (κ1) is 17.7. The van der Waals surface area contributed by atoms with Crippen molar-refractivity contribution in [2.45, 2.75) is 13.0 Å². The summed E-state index contributed by atoms with van der Waals surface area (Å²) in [6, 6.07) is 6.40. The van der Waals surface area contributed by atoms with Gasteiger partial charge >= 0.3 is 5.97 Å². The number of hydrogen-bond donors (Lipinski definition) is 2. The molecular weight excluding hydrogens is 284 g/mol. The number of nitrogens with one attached hydrogen (secondary N) is 1. The Kier molecular flexibility index (Phi) is 7.12. The summed E-state index contributed by atoms with van der Waals surface area (Å²) in [6.45, 7) is 2.86. The van der Waals surface area contributed by atoms with E-state index in [-0.39, 0.29) is 0 Å². The SMILES string of the molecule is CC(NC(=O)/C=C/c1ccc(OCCN(C)C)cc1)C(=O)O. The van der Waals surface area contributed by atoms with Crippen LogP contribution in [-0.4, -0.2) is 55.2 Å². The lowest BCUT2D eigenvalue weighted by Crippen LogP contribution is -2.37. The molecule has 22 heavy (non-hydrogen) atoms. The number of carboxylic acids is 1. The van der Waals surface area contributed by atoms with E-state index in [9.17, 15) is 9.59 Å². The second kappa shape index (κ2) is 8.84. The number of aliphatic carboxylic acids is 1. The van der Waals surface area contributed by atoms with Crippen molar-refractivity contribution in [3.63, 3.8) is 0 Å². The molecule has 0 saturated heterocycles. The van der Waals surface area contributed by atoms with Crippen molar-refractivity contribution < 1.29 is 19.4 Å². The van der Waals surface area contributed by atoms with Crippen molar-refractivity contribution in [2.24, 2.45) is 0 Å². The molecule has 0 heterocycles. The molecule has 0 aliphatic carbocycles. The molecule has 1 aromatic rings. The Morgan fingerprint density at radius 3 is 2.50 bits per heavy atom. The van der Waals surface area contributed by atoms with Crippen LogP contribution in [0.25, 0.3) is 6.08 Å². The number of benzene rings is 1. The summed E-state index contributed by atoms with van der Waals surface area (Å²) in [5.74, 6) is -0.745. The summed E-state index contributed by atoms with van der Waals surface area (Å²) in [5, 5.41) is 11.0. The van der Waals surface area contributed by atoms with Crippen LogP contribution in [0.2, 0.25) is 0 Å². The lowest BCUT2D eigenvalue weighted by atomic mass is 10.2. The molecule has 0 aliphatic rings. The van der Waals surface area contributed by atoms with Gasteiger partial charge in [0, 0.05) is 12.6 Å². The number of hydrogen-bond acceptors (Lipinski definition) is 4. The zero-order valence-electron chi connectivity index (χ0n) is 13.1. The van der Waals surface area contributed by atoms with Crippen molar-refractivity contribution >= 4 is 18.0 Å². The molecular formula is C16H22N2O4.